The highest BCUT2D eigenvalue weighted by Gasteiger charge is 2.34. The van der Waals surface area contributed by atoms with Gasteiger partial charge in [-0.05, 0) is 42.7 Å². The van der Waals surface area contributed by atoms with Gasteiger partial charge in [0.15, 0.2) is 0 Å². The van der Waals surface area contributed by atoms with Crippen LogP contribution in [0.4, 0.5) is 5.69 Å². The van der Waals surface area contributed by atoms with Crippen molar-refractivity contribution in [3.05, 3.63) is 29.8 Å². The Balaban J connectivity index is 2.15. The van der Waals surface area contributed by atoms with Crippen LogP contribution in [0.3, 0.4) is 0 Å². The minimum absolute atomic E-state index is 0.0713. The average molecular weight is 352 g/mol. The van der Waals surface area contributed by atoms with Gasteiger partial charge in [-0.25, -0.2) is 4.79 Å². The van der Waals surface area contributed by atoms with Crippen molar-refractivity contribution in [1.29, 1.82) is 0 Å². The summed E-state index contributed by atoms with van der Waals surface area (Å²) in [5.74, 6) is 0.535. The molecule has 0 saturated heterocycles. The fraction of sp³-hybridized carbons (Fsp3) is 0.579. The number of hydrogen-bond acceptors (Lipinski definition) is 3. The second-order valence-corrected chi connectivity index (χ2v) is 7.26. The number of carbonyl (C=O) groups is 2. The lowest BCUT2D eigenvalue weighted by Crippen LogP contribution is -2.36. The summed E-state index contributed by atoms with van der Waals surface area (Å²) < 4.78 is 5.85. The van der Waals surface area contributed by atoms with Crippen molar-refractivity contribution < 1.29 is 14.3 Å². The van der Waals surface area contributed by atoms with Crippen LogP contribution < -0.4 is 5.32 Å². The Morgan fingerprint density at radius 2 is 2.00 bits per heavy atom. The molecule has 0 radical (unpaired) electrons. The number of ether oxygens (including phenoxy) is 1. The monoisotopic (exact) mass is 351 g/mol. The minimum Gasteiger partial charge on any atom is -0.458 e. The van der Waals surface area contributed by atoms with E-state index in [1.807, 2.05) is 0 Å². The normalized spacial score (nSPS) is 23.8. The van der Waals surface area contributed by atoms with Crippen LogP contribution in [0.5, 0.6) is 0 Å². The third-order valence-electron chi connectivity index (χ3n) is 4.76. The number of carbonyl (C=O) groups excluding carboxylic acids is 2. The molecule has 1 saturated carbocycles. The van der Waals surface area contributed by atoms with Crippen molar-refractivity contribution in [2.45, 2.75) is 46.1 Å². The number of hydrogen-bond donors (Lipinski definition) is 1. The van der Waals surface area contributed by atoms with Gasteiger partial charge >= 0.3 is 5.97 Å². The molecule has 1 fully saturated rings. The Kier molecular flexibility index (Phi) is 6.67. The summed E-state index contributed by atoms with van der Waals surface area (Å²) in [7, 11) is 0. The third-order valence-corrected chi connectivity index (χ3v) is 5.00. The number of anilines is 1. The predicted molar refractivity (Wildman–Crippen MR) is 96.3 cm³/mol. The summed E-state index contributed by atoms with van der Waals surface area (Å²) >= 11 is 5.53. The summed E-state index contributed by atoms with van der Waals surface area (Å²) in [6.07, 6.45) is 3.09. The van der Waals surface area contributed by atoms with Gasteiger partial charge in [-0.15, -0.1) is 11.6 Å². The summed E-state index contributed by atoms with van der Waals surface area (Å²) in [5.41, 5.74) is 0.815. The molecular formula is C19H26ClNO3. The Hall–Kier alpha value is -1.55. The van der Waals surface area contributed by atoms with Crippen molar-refractivity contribution in [3.8, 4) is 0 Å². The van der Waals surface area contributed by atoms with E-state index in [1.165, 1.54) is 6.42 Å². The quantitative estimate of drug-likeness (QED) is 0.628. The van der Waals surface area contributed by atoms with Gasteiger partial charge < -0.3 is 10.1 Å². The van der Waals surface area contributed by atoms with Gasteiger partial charge in [0.1, 0.15) is 12.0 Å². The van der Waals surface area contributed by atoms with E-state index in [-0.39, 0.29) is 23.9 Å². The molecule has 0 heterocycles. The lowest BCUT2D eigenvalue weighted by molar-refractivity contribution is -0.113. The van der Waals surface area contributed by atoms with Crippen molar-refractivity contribution in [1.82, 2.24) is 0 Å². The first-order valence-corrected chi connectivity index (χ1v) is 9.11. The van der Waals surface area contributed by atoms with Crippen molar-refractivity contribution >= 4 is 29.2 Å². The molecule has 0 spiro atoms. The molecule has 132 valence electrons. The van der Waals surface area contributed by atoms with Gasteiger partial charge in [0.25, 0.3) is 0 Å². The molecule has 0 bridgehead atoms. The highest BCUT2D eigenvalue weighted by atomic mass is 35.5. The van der Waals surface area contributed by atoms with Crippen molar-refractivity contribution in [2.24, 2.45) is 17.8 Å². The largest absolute Gasteiger partial charge is 0.458 e. The Bertz CT molecular complexity index is 588. The number of nitrogens with one attached hydrogen (secondary N) is 1. The first-order valence-electron chi connectivity index (χ1n) is 8.58. The van der Waals surface area contributed by atoms with Crippen LogP contribution in [-0.4, -0.2) is 23.9 Å². The van der Waals surface area contributed by atoms with Gasteiger partial charge in [0.05, 0.1) is 11.3 Å². The molecule has 1 aromatic carbocycles. The maximum absolute atomic E-state index is 12.7. The van der Waals surface area contributed by atoms with E-state index >= 15 is 0 Å². The molecule has 0 aliphatic heterocycles. The van der Waals surface area contributed by atoms with E-state index in [9.17, 15) is 9.59 Å². The molecule has 1 aliphatic rings. The number of para-hydroxylation sites is 1. The standard InChI is InChI=1S/C19H26ClNO3/c1-12(2)14-9-8-13(3)10-17(14)24-19(23)15-6-4-5-7-16(15)21-18(22)11-20/h4-7,12-14,17H,8-11H2,1-3H3,(H,21,22)/t13-,14-,17+/m0/s1. The number of rotatable bonds is 5. The SMILES string of the molecule is CC(C)[C@@H]1CC[C@H](C)C[C@H]1OC(=O)c1ccccc1NC(=O)CCl. The molecule has 2 rings (SSSR count). The molecule has 24 heavy (non-hydrogen) atoms. The highest BCUT2D eigenvalue weighted by Crippen LogP contribution is 2.36. The van der Waals surface area contributed by atoms with Crippen LogP contribution in [-0.2, 0) is 9.53 Å². The maximum Gasteiger partial charge on any atom is 0.340 e. The molecular weight excluding hydrogens is 326 g/mol. The second-order valence-electron chi connectivity index (χ2n) is 7.00. The van der Waals surface area contributed by atoms with Gasteiger partial charge in [0, 0.05) is 0 Å². The summed E-state index contributed by atoms with van der Waals surface area (Å²) in [6, 6.07) is 6.88. The van der Waals surface area contributed by atoms with Crippen molar-refractivity contribution in [2.75, 3.05) is 11.2 Å². The molecule has 0 unspecified atom stereocenters. The number of benzene rings is 1. The van der Waals surface area contributed by atoms with Crippen LogP contribution in [0.1, 0.15) is 50.4 Å². The van der Waals surface area contributed by atoms with E-state index in [0.717, 1.165) is 12.8 Å². The van der Waals surface area contributed by atoms with Gasteiger partial charge in [-0.3, -0.25) is 4.79 Å². The van der Waals surface area contributed by atoms with E-state index in [1.54, 1.807) is 24.3 Å². The first-order chi connectivity index (χ1) is 11.4. The van der Waals surface area contributed by atoms with E-state index < -0.39 is 0 Å². The molecule has 1 aliphatic carbocycles. The molecule has 1 aromatic rings. The molecule has 3 atom stereocenters. The fourth-order valence-electron chi connectivity index (χ4n) is 3.40. The molecule has 5 heteroatoms. The maximum atomic E-state index is 12.7. The van der Waals surface area contributed by atoms with E-state index in [4.69, 9.17) is 16.3 Å². The predicted octanol–water partition coefficient (Wildman–Crippen LogP) is 4.48. The van der Waals surface area contributed by atoms with Gasteiger partial charge in [0.2, 0.25) is 5.91 Å². The Morgan fingerprint density at radius 1 is 1.29 bits per heavy atom. The van der Waals surface area contributed by atoms with Crippen LogP contribution in [0.25, 0.3) is 0 Å². The smallest absolute Gasteiger partial charge is 0.340 e. The van der Waals surface area contributed by atoms with Gasteiger partial charge in [-0.1, -0.05) is 39.3 Å². The Morgan fingerprint density at radius 3 is 2.67 bits per heavy atom. The minimum atomic E-state index is -0.384. The lowest BCUT2D eigenvalue weighted by atomic mass is 9.75. The number of esters is 1. The lowest BCUT2D eigenvalue weighted by Gasteiger charge is -2.36. The summed E-state index contributed by atoms with van der Waals surface area (Å²) in [6.45, 7) is 6.55. The molecule has 1 N–H and O–H groups in total. The first kappa shape index (κ1) is 18.8. The fourth-order valence-corrected chi connectivity index (χ4v) is 3.47. The zero-order valence-electron chi connectivity index (χ0n) is 14.5. The summed E-state index contributed by atoms with van der Waals surface area (Å²) in [5, 5.41) is 2.65. The van der Waals surface area contributed by atoms with Crippen LogP contribution in [0.2, 0.25) is 0 Å². The third kappa shape index (κ3) is 4.73. The average Bonchev–Trinajstić information content (AvgIpc) is 2.54. The number of alkyl halides is 1. The van der Waals surface area contributed by atoms with Crippen LogP contribution >= 0.6 is 11.6 Å². The zero-order chi connectivity index (χ0) is 17.7. The van der Waals surface area contributed by atoms with Crippen LogP contribution in [0.15, 0.2) is 24.3 Å². The zero-order valence-corrected chi connectivity index (χ0v) is 15.3. The molecule has 4 nitrogen and oxygen atoms in total. The van der Waals surface area contributed by atoms with Gasteiger partial charge in [-0.2, -0.15) is 0 Å². The second kappa shape index (κ2) is 8.52. The van der Waals surface area contributed by atoms with E-state index in [2.05, 4.69) is 26.1 Å². The topological polar surface area (TPSA) is 55.4 Å². The van der Waals surface area contributed by atoms with Crippen LogP contribution in [0, 0.1) is 17.8 Å². The number of amides is 1. The Labute approximate surface area is 148 Å². The molecule has 1 amide bonds. The number of halogens is 1. The van der Waals surface area contributed by atoms with E-state index in [0.29, 0.717) is 29.0 Å². The van der Waals surface area contributed by atoms with Crippen molar-refractivity contribution in [3.63, 3.8) is 0 Å². The molecule has 0 aromatic heterocycles. The summed E-state index contributed by atoms with van der Waals surface area (Å²) in [4.78, 5) is 24.2. The highest BCUT2D eigenvalue weighted by molar-refractivity contribution is 6.29.